The number of aromatic nitrogens is 4. The second-order valence-corrected chi connectivity index (χ2v) is 13.8. The Kier molecular flexibility index (Phi) is 7.55. The molecular weight excluding hydrogens is 561 g/mol. The Bertz CT molecular complexity index is 1560. The van der Waals surface area contributed by atoms with E-state index in [-0.39, 0.29) is 46.7 Å². The van der Waals surface area contributed by atoms with Crippen LogP contribution in [0, 0.1) is 5.82 Å². The van der Waals surface area contributed by atoms with Crippen molar-refractivity contribution in [3.63, 3.8) is 0 Å². The molecule has 222 valence electrons. The number of carbonyl (C=O) groups excluding carboxylic acids is 1. The molecule has 1 fully saturated rings. The molecule has 0 bridgehead atoms. The number of fused-ring (bicyclic) bond motifs is 1. The number of alkyl halides is 2. The lowest BCUT2D eigenvalue weighted by molar-refractivity contribution is 0.0222. The van der Waals surface area contributed by atoms with Crippen molar-refractivity contribution in [3.8, 4) is 11.1 Å². The van der Waals surface area contributed by atoms with E-state index in [1.807, 2.05) is 0 Å². The first-order chi connectivity index (χ1) is 19.2. The number of rotatable bonds is 5. The highest BCUT2D eigenvalue weighted by Gasteiger charge is 2.34. The molecule has 14 heteroatoms. The van der Waals surface area contributed by atoms with E-state index in [0.717, 1.165) is 17.8 Å². The summed E-state index contributed by atoms with van der Waals surface area (Å²) < 4.78 is 76.5. The molecule has 4 heterocycles. The number of anilines is 2. The molecule has 1 aromatic carbocycles. The molecule has 3 aromatic rings. The third-order valence-electron chi connectivity index (χ3n) is 7.25. The molecule has 1 N–H and O–H groups in total. The molecule has 0 spiro atoms. The molecule has 10 nitrogen and oxygen atoms in total. The fourth-order valence-corrected chi connectivity index (χ4v) is 6.72. The molecule has 0 unspecified atom stereocenters. The third-order valence-corrected chi connectivity index (χ3v) is 8.97. The predicted octanol–water partition coefficient (Wildman–Crippen LogP) is 5.15. The lowest BCUT2D eigenvalue weighted by atomic mass is 10.0. The van der Waals surface area contributed by atoms with Gasteiger partial charge in [-0.15, -0.1) is 0 Å². The second-order valence-electron chi connectivity index (χ2n) is 11.5. The Morgan fingerprint density at radius 3 is 2.51 bits per heavy atom. The number of sulfone groups is 1. The van der Waals surface area contributed by atoms with Crippen LogP contribution in [0.15, 0.2) is 24.5 Å². The van der Waals surface area contributed by atoms with Crippen molar-refractivity contribution in [3.05, 3.63) is 47.2 Å². The largest absolute Gasteiger partial charge is 0.444 e. The summed E-state index contributed by atoms with van der Waals surface area (Å²) in [4.78, 5) is 14.4. The fourth-order valence-electron chi connectivity index (χ4n) is 5.26. The number of carbonyl (C=O) groups is 1. The average Bonchev–Trinajstić information content (AvgIpc) is 3.47. The van der Waals surface area contributed by atoms with Crippen LogP contribution in [0.5, 0.6) is 0 Å². The lowest BCUT2D eigenvalue weighted by Crippen LogP contribution is -2.40. The maximum atomic E-state index is 15.4. The molecule has 5 rings (SSSR count). The van der Waals surface area contributed by atoms with Crippen molar-refractivity contribution in [1.29, 1.82) is 0 Å². The minimum absolute atomic E-state index is 0.0290. The highest BCUT2D eigenvalue weighted by Crippen LogP contribution is 2.38. The summed E-state index contributed by atoms with van der Waals surface area (Å²) in [7, 11) is -1.48. The topological polar surface area (TPSA) is 111 Å². The van der Waals surface area contributed by atoms with Gasteiger partial charge in [-0.25, -0.2) is 26.4 Å². The monoisotopic (exact) mass is 594 g/mol. The maximum Gasteiger partial charge on any atom is 0.410 e. The van der Waals surface area contributed by atoms with Gasteiger partial charge in [0.1, 0.15) is 21.3 Å². The van der Waals surface area contributed by atoms with E-state index in [9.17, 15) is 22.0 Å². The zero-order chi connectivity index (χ0) is 29.7. The highest BCUT2D eigenvalue weighted by molar-refractivity contribution is 7.91. The molecule has 1 amide bonds. The molecule has 0 aliphatic carbocycles. The summed E-state index contributed by atoms with van der Waals surface area (Å²) in [6.45, 7) is 5.75. The first kappa shape index (κ1) is 29.0. The van der Waals surface area contributed by atoms with Crippen molar-refractivity contribution < 1.29 is 31.1 Å². The van der Waals surface area contributed by atoms with E-state index in [1.54, 1.807) is 32.5 Å². The van der Waals surface area contributed by atoms with Gasteiger partial charge >= 0.3 is 6.09 Å². The normalized spacial score (nSPS) is 17.5. The quantitative estimate of drug-likeness (QED) is 0.435. The fraction of sp³-hybridized carbons (Fsp3) is 0.519. The van der Waals surface area contributed by atoms with Crippen molar-refractivity contribution in [2.45, 2.75) is 64.6 Å². The SMILES string of the molecule is Cn1cc(-c2cc(F)c(Nc3nn(C4CCS(=O)(=O)CC4)c4c3CN(C(=O)OC(C)(C)C)CC4)cc2C(F)F)cn1. The molecule has 2 aromatic heterocycles. The van der Waals surface area contributed by atoms with E-state index in [2.05, 4.69) is 10.4 Å². The Morgan fingerprint density at radius 2 is 1.90 bits per heavy atom. The van der Waals surface area contributed by atoms with Gasteiger partial charge in [-0.2, -0.15) is 10.2 Å². The standard InChI is InChI=1S/C27H33F3N6O4S/c1-27(2,3)40-26(37)35-8-5-23-20(15-35)25(33-36(23)17-6-9-41(38,39)10-7-17)32-22-12-19(24(29)30)18(11-21(22)28)16-13-31-34(4)14-16/h11-14,17,24H,5-10,15H2,1-4H3,(H,32,33). The zero-order valence-electron chi connectivity index (χ0n) is 23.3. The van der Waals surface area contributed by atoms with Crippen LogP contribution in [0.3, 0.4) is 0 Å². The summed E-state index contributed by atoms with van der Waals surface area (Å²) in [6.07, 6.45) is 0.674. The second kappa shape index (κ2) is 10.7. The van der Waals surface area contributed by atoms with Crippen LogP contribution < -0.4 is 5.32 Å². The average molecular weight is 595 g/mol. The van der Waals surface area contributed by atoms with Crippen LogP contribution in [0.4, 0.5) is 29.5 Å². The van der Waals surface area contributed by atoms with E-state index < -0.39 is 33.8 Å². The molecule has 0 saturated carbocycles. The smallest absolute Gasteiger partial charge is 0.410 e. The van der Waals surface area contributed by atoms with Gasteiger partial charge in [0.15, 0.2) is 5.82 Å². The van der Waals surface area contributed by atoms with Crippen molar-refractivity contribution in [2.24, 2.45) is 7.05 Å². The van der Waals surface area contributed by atoms with E-state index in [0.29, 0.717) is 36.9 Å². The number of hydrogen-bond acceptors (Lipinski definition) is 7. The summed E-state index contributed by atoms with van der Waals surface area (Å²) in [5.74, 6) is -0.488. The summed E-state index contributed by atoms with van der Waals surface area (Å²) in [5.41, 5.74) is 0.506. The molecule has 0 radical (unpaired) electrons. The van der Waals surface area contributed by atoms with Crippen LogP contribution in [0.2, 0.25) is 0 Å². The van der Waals surface area contributed by atoms with Gasteiger partial charge in [0.2, 0.25) is 0 Å². The van der Waals surface area contributed by atoms with Crippen LogP contribution in [0.1, 0.15) is 62.9 Å². The van der Waals surface area contributed by atoms with Gasteiger partial charge in [-0.05, 0) is 51.3 Å². The molecule has 2 aliphatic rings. The van der Waals surface area contributed by atoms with Crippen molar-refractivity contribution in [1.82, 2.24) is 24.5 Å². The number of aryl methyl sites for hydroxylation is 1. The lowest BCUT2D eigenvalue weighted by Gasteiger charge is -2.31. The number of halogens is 3. The van der Waals surface area contributed by atoms with E-state index in [1.165, 1.54) is 22.0 Å². The maximum absolute atomic E-state index is 15.4. The molecule has 41 heavy (non-hydrogen) atoms. The summed E-state index contributed by atoms with van der Waals surface area (Å²) in [5, 5.41) is 11.6. The Morgan fingerprint density at radius 1 is 1.20 bits per heavy atom. The minimum Gasteiger partial charge on any atom is -0.444 e. The third kappa shape index (κ3) is 6.21. The number of hydrogen-bond donors (Lipinski definition) is 1. The van der Waals surface area contributed by atoms with Gasteiger partial charge in [-0.3, -0.25) is 9.36 Å². The van der Waals surface area contributed by atoms with Crippen LogP contribution >= 0.6 is 0 Å². The first-order valence-electron chi connectivity index (χ1n) is 13.4. The Labute approximate surface area is 236 Å². The van der Waals surface area contributed by atoms with Crippen LogP contribution in [0.25, 0.3) is 11.1 Å². The number of nitrogens with one attached hydrogen (secondary N) is 1. The Hall–Kier alpha value is -3.55. The van der Waals surface area contributed by atoms with Gasteiger partial charge in [0, 0.05) is 48.6 Å². The molecule has 0 atom stereocenters. The summed E-state index contributed by atoms with van der Waals surface area (Å²) in [6, 6.07) is 1.91. The van der Waals surface area contributed by atoms with Gasteiger partial charge in [-0.1, -0.05) is 0 Å². The van der Waals surface area contributed by atoms with Crippen LogP contribution in [-0.2, 0) is 34.6 Å². The van der Waals surface area contributed by atoms with Gasteiger partial charge < -0.3 is 15.0 Å². The summed E-state index contributed by atoms with van der Waals surface area (Å²) >= 11 is 0. The number of nitrogens with zero attached hydrogens (tertiary/aromatic N) is 5. The van der Waals surface area contributed by atoms with Crippen molar-refractivity contribution in [2.75, 3.05) is 23.4 Å². The highest BCUT2D eigenvalue weighted by atomic mass is 32.2. The number of ether oxygens (including phenoxy) is 1. The minimum atomic E-state index is -3.12. The predicted molar refractivity (Wildman–Crippen MR) is 146 cm³/mol. The first-order valence-corrected chi connectivity index (χ1v) is 15.2. The molecular formula is C27H33F3N6O4S. The number of amides is 1. The van der Waals surface area contributed by atoms with E-state index >= 15 is 4.39 Å². The van der Waals surface area contributed by atoms with Gasteiger partial charge in [0.05, 0.1) is 36.0 Å². The molecule has 1 saturated heterocycles. The zero-order valence-corrected chi connectivity index (χ0v) is 24.1. The Balaban J connectivity index is 1.52. The van der Waals surface area contributed by atoms with Gasteiger partial charge in [0.25, 0.3) is 6.43 Å². The van der Waals surface area contributed by atoms with Crippen LogP contribution in [-0.4, -0.2) is 62.6 Å². The molecule has 2 aliphatic heterocycles. The van der Waals surface area contributed by atoms with E-state index in [4.69, 9.17) is 9.84 Å². The van der Waals surface area contributed by atoms with Crippen molar-refractivity contribution >= 4 is 27.4 Å². The number of benzene rings is 1.